The molecule has 0 atom stereocenters. The lowest BCUT2D eigenvalue weighted by Crippen LogP contribution is -2.23. The molecule has 0 unspecified atom stereocenters. The number of ether oxygens (including phenoxy) is 1. The Morgan fingerprint density at radius 1 is 1.19 bits per heavy atom. The van der Waals surface area contributed by atoms with Gasteiger partial charge in [0, 0.05) is 30.7 Å². The Morgan fingerprint density at radius 2 is 2.03 bits per heavy atom. The zero-order valence-electron chi connectivity index (χ0n) is 17.8. The highest BCUT2D eigenvalue weighted by atomic mass is 32.2. The first-order valence-electron chi connectivity index (χ1n) is 10.8. The van der Waals surface area contributed by atoms with E-state index in [-0.39, 0.29) is 11.5 Å². The van der Waals surface area contributed by atoms with Crippen molar-refractivity contribution in [3.8, 4) is 0 Å². The number of rotatable bonds is 9. The molecule has 0 aliphatic heterocycles. The van der Waals surface area contributed by atoms with Crippen LogP contribution < -0.4 is 5.56 Å². The number of unbranched alkanes of at least 4 members (excludes halogenated alkanes) is 2. The molecule has 7 nitrogen and oxygen atoms in total. The number of fused-ring (bicyclic) bond motifs is 2. The van der Waals surface area contributed by atoms with E-state index in [2.05, 4.69) is 9.89 Å². The van der Waals surface area contributed by atoms with E-state index in [9.17, 15) is 9.59 Å². The van der Waals surface area contributed by atoms with E-state index < -0.39 is 0 Å². The molecule has 3 aromatic rings. The van der Waals surface area contributed by atoms with Gasteiger partial charge in [-0.25, -0.2) is 4.98 Å². The van der Waals surface area contributed by atoms with E-state index in [1.807, 2.05) is 24.3 Å². The summed E-state index contributed by atoms with van der Waals surface area (Å²) in [7, 11) is 1.40. The fraction of sp³-hybridized carbons (Fsp3) is 0.478. The van der Waals surface area contributed by atoms with Crippen LogP contribution in [0, 0.1) is 0 Å². The number of esters is 1. The van der Waals surface area contributed by atoms with Gasteiger partial charge in [0.05, 0.1) is 23.7 Å². The van der Waals surface area contributed by atoms with Gasteiger partial charge in [-0.2, -0.15) is 0 Å². The van der Waals surface area contributed by atoms with Gasteiger partial charge < -0.3 is 9.26 Å². The van der Waals surface area contributed by atoms with Crippen LogP contribution in [0.3, 0.4) is 0 Å². The topological polar surface area (TPSA) is 87.2 Å². The van der Waals surface area contributed by atoms with Gasteiger partial charge in [0.25, 0.3) is 5.56 Å². The molecule has 1 aliphatic rings. The number of carbonyl (C=O) groups excluding carboxylic acids is 1. The van der Waals surface area contributed by atoms with Crippen LogP contribution in [0.4, 0.5) is 0 Å². The summed E-state index contributed by atoms with van der Waals surface area (Å²) in [6.45, 7) is 0.567. The van der Waals surface area contributed by atoms with Gasteiger partial charge in [-0.05, 0) is 44.2 Å². The summed E-state index contributed by atoms with van der Waals surface area (Å²) in [6, 6.07) is 7.45. The Kier molecular flexibility index (Phi) is 7.06. The zero-order valence-corrected chi connectivity index (χ0v) is 18.6. The second kappa shape index (κ2) is 10.1. The molecule has 164 valence electrons. The quantitative estimate of drug-likeness (QED) is 0.212. The maximum Gasteiger partial charge on any atom is 0.305 e. The largest absolute Gasteiger partial charge is 0.469 e. The fourth-order valence-corrected chi connectivity index (χ4v) is 4.95. The molecule has 4 rings (SSSR count). The Morgan fingerprint density at radius 3 is 2.90 bits per heavy atom. The highest BCUT2D eigenvalue weighted by Crippen LogP contribution is 2.29. The van der Waals surface area contributed by atoms with Crippen LogP contribution in [0.15, 0.2) is 38.7 Å². The molecular formula is C23H27N3O4S. The molecule has 0 fully saturated rings. The van der Waals surface area contributed by atoms with Crippen LogP contribution >= 0.6 is 11.8 Å². The molecule has 0 spiro atoms. The van der Waals surface area contributed by atoms with Gasteiger partial charge in [0.15, 0.2) is 5.16 Å². The molecule has 2 heterocycles. The summed E-state index contributed by atoms with van der Waals surface area (Å²) in [5.74, 6) is 1.44. The van der Waals surface area contributed by atoms with Crippen molar-refractivity contribution in [1.29, 1.82) is 0 Å². The van der Waals surface area contributed by atoms with Gasteiger partial charge in [-0.3, -0.25) is 14.2 Å². The molecule has 1 aromatic carbocycles. The Balaban J connectivity index is 1.52. The molecular weight excluding hydrogens is 414 g/mol. The number of methoxy groups -OCH3 is 1. The fourth-order valence-electron chi connectivity index (χ4n) is 3.97. The van der Waals surface area contributed by atoms with Crippen molar-refractivity contribution in [1.82, 2.24) is 14.7 Å². The molecule has 0 amide bonds. The van der Waals surface area contributed by atoms with Crippen molar-refractivity contribution in [2.24, 2.45) is 0 Å². The molecule has 0 radical (unpaired) electrons. The third kappa shape index (κ3) is 5.01. The minimum Gasteiger partial charge on any atom is -0.469 e. The van der Waals surface area contributed by atoms with E-state index in [0.29, 0.717) is 34.8 Å². The summed E-state index contributed by atoms with van der Waals surface area (Å²) in [5, 5.41) is 5.61. The number of para-hydroxylation sites is 1. The second-order valence-electron chi connectivity index (χ2n) is 7.78. The second-order valence-corrected chi connectivity index (χ2v) is 8.72. The lowest BCUT2D eigenvalue weighted by atomic mass is 9.97. The van der Waals surface area contributed by atoms with Gasteiger partial charge in [0.2, 0.25) is 0 Å². The predicted octanol–water partition coefficient (Wildman–Crippen LogP) is 4.29. The van der Waals surface area contributed by atoms with Crippen molar-refractivity contribution >= 4 is 28.6 Å². The van der Waals surface area contributed by atoms with Gasteiger partial charge in [0.1, 0.15) is 5.76 Å². The van der Waals surface area contributed by atoms with Gasteiger partial charge in [-0.1, -0.05) is 35.5 Å². The standard InChI is InChI=1S/C23H27N3O4S/c1-29-21(27)13-3-2-8-14-26-22(28)17-10-4-6-11-18(17)24-23(26)31-15-19-16-9-5-7-12-20(16)30-25-19/h4,6,10-11H,2-3,5,7-9,12-15H2,1H3. The number of aromatic nitrogens is 3. The number of aryl methyl sites for hydroxylation is 1. The first kappa shape index (κ1) is 21.6. The van der Waals surface area contributed by atoms with Crippen LogP contribution in [-0.2, 0) is 34.7 Å². The highest BCUT2D eigenvalue weighted by molar-refractivity contribution is 7.98. The van der Waals surface area contributed by atoms with Crippen LogP contribution in [0.5, 0.6) is 0 Å². The summed E-state index contributed by atoms with van der Waals surface area (Å²) < 4.78 is 12.0. The first-order valence-corrected chi connectivity index (χ1v) is 11.8. The number of thioether (sulfide) groups is 1. The molecule has 0 saturated carbocycles. The van der Waals surface area contributed by atoms with E-state index in [1.165, 1.54) is 24.4 Å². The summed E-state index contributed by atoms with van der Waals surface area (Å²) in [4.78, 5) is 29.2. The van der Waals surface area contributed by atoms with Crippen LogP contribution in [0.2, 0.25) is 0 Å². The van der Waals surface area contributed by atoms with E-state index in [0.717, 1.165) is 56.4 Å². The molecule has 31 heavy (non-hydrogen) atoms. The zero-order chi connectivity index (χ0) is 21.6. The number of benzene rings is 1. The number of hydrogen-bond donors (Lipinski definition) is 0. The summed E-state index contributed by atoms with van der Waals surface area (Å²) in [5.41, 5.74) is 2.88. The van der Waals surface area contributed by atoms with Crippen molar-refractivity contribution in [2.75, 3.05) is 7.11 Å². The lowest BCUT2D eigenvalue weighted by Gasteiger charge is -2.13. The normalized spacial score (nSPS) is 13.3. The molecule has 0 N–H and O–H groups in total. The third-order valence-corrected chi connectivity index (χ3v) is 6.67. The predicted molar refractivity (Wildman–Crippen MR) is 119 cm³/mol. The number of nitrogens with zero attached hydrogens (tertiary/aromatic N) is 3. The van der Waals surface area contributed by atoms with Gasteiger partial charge >= 0.3 is 5.97 Å². The Labute approximate surface area is 185 Å². The van der Waals surface area contributed by atoms with Crippen molar-refractivity contribution < 1.29 is 14.1 Å². The van der Waals surface area contributed by atoms with E-state index in [1.54, 1.807) is 4.57 Å². The minimum atomic E-state index is -0.197. The van der Waals surface area contributed by atoms with E-state index in [4.69, 9.17) is 9.51 Å². The van der Waals surface area contributed by atoms with E-state index >= 15 is 0 Å². The highest BCUT2D eigenvalue weighted by Gasteiger charge is 2.20. The Bertz CT molecular complexity index is 1120. The number of hydrogen-bond acceptors (Lipinski definition) is 7. The lowest BCUT2D eigenvalue weighted by molar-refractivity contribution is -0.140. The maximum absolute atomic E-state index is 13.2. The molecule has 0 bridgehead atoms. The first-order chi connectivity index (χ1) is 15.2. The minimum absolute atomic E-state index is 0.0248. The van der Waals surface area contributed by atoms with Crippen LogP contribution in [0.25, 0.3) is 10.9 Å². The molecule has 2 aromatic heterocycles. The SMILES string of the molecule is COC(=O)CCCCCn1c(SCc2noc3c2CCCC3)nc2ccccc2c1=O. The summed E-state index contributed by atoms with van der Waals surface area (Å²) >= 11 is 1.53. The van der Waals surface area contributed by atoms with Crippen LogP contribution in [-0.4, -0.2) is 27.8 Å². The molecule has 8 heteroatoms. The summed E-state index contributed by atoms with van der Waals surface area (Å²) in [6.07, 6.45) is 7.06. The molecule has 0 saturated heterocycles. The number of carbonyl (C=O) groups is 1. The van der Waals surface area contributed by atoms with Gasteiger partial charge in [-0.15, -0.1) is 0 Å². The van der Waals surface area contributed by atoms with Crippen molar-refractivity contribution in [2.45, 2.75) is 68.8 Å². The smallest absolute Gasteiger partial charge is 0.305 e. The molecule has 1 aliphatic carbocycles. The average molecular weight is 442 g/mol. The maximum atomic E-state index is 13.2. The average Bonchev–Trinajstić information content (AvgIpc) is 3.22. The third-order valence-electron chi connectivity index (χ3n) is 5.69. The van der Waals surface area contributed by atoms with Crippen molar-refractivity contribution in [3.63, 3.8) is 0 Å². The Hall–Kier alpha value is -2.61. The van der Waals surface area contributed by atoms with Crippen LogP contribution in [0.1, 0.15) is 55.5 Å². The monoisotopic (exact) mass is 441 g/mol. The van der Waals surface area contributed by atoms with Crippen molar-refractivity contribution in [3.05, 3.63) is 51.6 Å².